The number of aromatic amines is 1. The number of aromatic nitrogens is 1. The van der Waals surface area contributed by atoms with Crippen molar-refractivity contribution >= 4 is 16.8 Å². The molecule has 4 heterocycles. The minimum absolute atomic E-state index is 0.297. The fraction of sp³-hybridized carbons (Fsp3) is 0.625. The standard InChI is InChI=1S/C24H35N5O/c30-24(29-16-14-27(15-17-29)13-12-26-9-4-1-5-10-26)19-28-11-8-21-20-6-2-3-7-22(20)25-23(21)18-28/h2-3,6-7,25H,1,4-5,8-19H2. The van der Waals surface area contributed by atoms with Gasteiger partial charge in [0.25, 0.3) is 0 Å². The van der Waals surface area contributed by atoms with Crippen molar-refractivity contribution in [1.29, 1.82) is 0 Å². The van der Waals surface area contributed by atoms with Crippen LogP contribution in [-0.4, -0.2) is 95.9 Å². The highest BCUT2D eigenvalue weighted by atomic mass is 16.2. The third kappa shape index (κ3) is 4.41. The predicted octanol–water partition coefficient (Wildman–Crippen LogP) is 2.16. The second-order valence-electron chi connectivity index (χ2n) is 9.21. The molecule has 0 aliphatic carbocycles. The van der Waals surface area contributed by atoms with Crippen LogP contribution in [0.15, 0.2) is 24.3 Å². The van der Waals surface area contributed by atoms with Gasteiger partial charge in [0.05, 0.1) is 6.54 Å². The SMILES string of the molecule is O=C(CN1CCc2c([nH]c3ccccc23)C1)N1CCN(CCN2CCCCC2)CC1. The molecule has 3 aliphatic rings. The van der Waals surface area contributed by atoms with E-state index in [1.807, 2.05) is 0 Å². The zero-order valence-electron chi connectivity index (χ0n) is 18.1. The van der Waals surface area contributed by atoms with Crippen LogP contribution in [0, 0.1) is 0 Å². The molecular formula is C24H35N5O. The van der Waals surface area contributed by atoms with Crippen molar-refractivity contribution in [3.8, 4) is 0 Å². The number of piperidine rings is 1. The maximum Gasteiger partial charge on any atom is 0.236 e. The molecule has 2 fully saturated rings. The summed E-state index contributed by atoms with van der Waals surface area (Å²) in [5.41, 5.74) is 3.95. The average Bonchev–Trinajstić information content (AvgIpc) is 3.16. The zero-order chi connectivity index (χ0) is 20.3. The normalized spacial score (nSPS) is 21.8. The smallest absolute Gasteiger partial charge is 0.236 e. The number of likely N-dealkylation sites (tertiary alicyclic amines) is 1. The molecule has 0 bridgehead atoms. The Morgan fingerprint density at radius 1 is 0.833 bits per heavy atom. The highest BCUT2D eigenvalue weighted by molar-refractivity contribution is 5.85. The molecule has 6 heteroatoms. The highest BCUT2D eigenvalue weighted by Crippen LogP contribution is 2.27. The fourth-order valence-corrected chi connectivity index (χ4v) is 5.36. The molecule has 162 valence electrons. The van der Waals surface area contributed by atoms with Gasteiger partial charge in [-0.1, -0.05) is 24.6 Å². The Labute approximate surface area is 179 Å². The highest BCUT2D eigenvalue weighted by Gasteiger charge is 2.26. The van der Waals surface area contributed by atoms with Gasteiger partial charge in [-0.3, -0.25) is 14.6 Å². The number of nitrogens with one attached hydrogen (secondary N) is 1. The monoisotopic (exact) mass is 409 g/mol. The molecule has 2 aromatic rings. The van der Waals surface area contributed by atoms with Gasteiger partial charge in [-0.2, -0.15) is 0 Å². The van der Waals surface area contributed by atoms with Crippen LogP contribution in [0.25, 0.3) is 10.9 Å². The zero-order valence-corrected chi connectivity index (χ0v) is 18.1. The van der Waals surface area contributed by atoms with E-state index in [-0.39, 0.29) is 0 Å². The Hall–Kier alpha value is -1.89. The molecule has 5 rings (SSSR count). The Morgan fingerprint density at radius 3 is 2.37 bits per heavy atom. The summed E-state index contributed by atoms with van der Waals surface area (Å²) in [6.45, 7) is 11.0. The Morgan fingerprint density at radius 2 is 1.57 bits per heavy atom. The second-order valence-corrected chi connectivity index (χ2v) is 9.21. The van der Waals surface area contributed by atoms with E-state index < -0.39 is 0 Å². The minimum Gasteiger partial charge on any atom is -0.357 e. The summed E-state index contributed by atoms with van der Waals surface area (Å²) < 4.78 is 0. The topological polar surface area (TPSA) is 45.8 Å². The van der Waals surface area contributed by atoms with Crippen LogP contribution in [0.2, 0.25) is 0 Å². The number of amides is 1. The van der Waals surface area contributed by atoms with Gasteiger partial charge in [-0.15, -0.1) is 0 Å². The van der Waals surface area contributed by atoms with E-state index in [1.54, 1.807) is 0 Å². The van der Waals surface area contributed by atoms with Crippen molar-refractivity contribution in [1.82, 2.24) is 24.6 Å². The number of rotatable bonds is 5. The van der Waals surface area contributed by atoms with Crippen LogP contribution < -0.4 is 0 Å². The van der Waals surface area contributed by atoms with Gasteiger partial charge in [0, 0.05) is 69.0 Å². The number of carbonyl (C=O) groups excluding carboxylic acids is 1. The van der Waals surface area contributed by atoms with Crippen molar-refractivity contribution in [3.05, 3.63) is 35.5 Å². The fourth-order valence-electron chi connectivity index (χ4n) is 5.36. The number of nitrogens with zero attached hydrogens (tertiary/aromatic N) is 4. The predicted molar refractivity (Wildman–Crippen MR) is 121 cm³/mol. The van der Waals surface area contributed by atoms with Gasteiger partial charge in [0.1, 0.15) is 0 Å². The molecule has 0 atom stereocenters. The first-order valence-electron chi connectivity index (χ1n) is 11.8. The van der Waals surface area contributed by atoms with E-state index in [2.05, 4.69) is 48.8 Å². The number of piperazine rings is 1. The molecule has 30 heavy (non-hydrogen) atoms. The summed E-state index contributed by atoms with van der Waals surface area (Å²) in [4.78, 5) is 26.0. The Kier molecular flexibility index (Phi) is 6.07. The van der Waals surface area contributed by atoms with Crippen LogP contribution in [0.1, 0.15) is 30.5 Å². The van der Waals surface area contributed by atoms with Crippen molar-refractivity contribution in [2.75, 3.05) is 65.4 Å². The van der Waals surface area contributed by atoms with Crippen LogP contribution in [0.5, 0.6) is 0 Å². The lowest BCUT2D eigenvalue weighted by molar-refractivity contribution is -0.134. The van der Waals surface area contributed by atoms with Crippen LogP contribution in [-0.2, 0) is 17.8 Å². The number of carbonyl (C=O) groups is 1. The molecule has 1 aromatic heterocycles. The second kappa shape index (κ2) is 9.08. The number of para-hydroxylation sites is 1. The van der Waals surface area contributed by atoms with Crippen molar-refractivity contribution in [2.24, 2.45) is 0 Å². The summed E-state index contributed by atoms with van der Waals surface area (Å²) >= 11 is 0. The summed E-state index contributed by atoms with van der Waals surface area (Å²) in [5, 5.41) is 1.35. The largest absolute Gasteiger partial charge is 0.357 e. The molecule has 0 saturated carbocycles. The van der Waals surface area contributed by atoms with Gasteiger partial charge in [-0.05, 0) is 44.0 Å². The first kappa shape index (κ1) is 20.0. The van der Waals surface area contributed by atoms with Gasteiger partial charge in [0.15, 0.2) is 0 Å². The van der Waals surface area contributed by atoms with Crippen LogP contribution in [0.3, 0.4) is 0 Å². The Balaban J connectivity index is 1.08. The molecule has 0 radical (unpaired) electrons. The van der Waals surface area contributed by atoms with Gasteiger partial charge in [-0.25, -0.2) is 0 Å². The maximum atomic E-state index is 12.9. The van der Waals surface area contributed by atoms with E-state index >= 15 is 0 Å². The summed E-state index contributed by atoms with van der Waals surface area (Å²) in [5.74, 6) is 0.297. The molecular weight excluding hydrogens is 374 g/mol. The molecule has 0 unspecified atom stereocenters. The Bertz CT molecular complexity index is 864. The van der Waals surface area contributed by atoms with E-state index in [4.69, 9.17) is 0 Å². The minimum atomic E-state index is 0.297. The lowest BCUT2D eigenvalue weighted by atomic mass is 10.0. The molecule has 6 nitrogen and oxygen atoms in total. The molecule has 2 saturated heterocycles. The molecule has 1 N–H and O–H groups in total. The van der Waals surface area contributed by atoms with E-state index in [1.165, 1.54) is 61.1 Å². The number of hydrogen-bond acceptors (Lipinski definition) is 4. The maximum absolute atomic E-state index is 12.9. The third-order valence-electron chi connectivity index (χ3n) is 7.23. The van der Waals surface area contributed by atoms with E-state index in [0.717, 1.165) is 52.2 Å². The first-order chi connectivity index (χ1) is 14.8. The third-order valence-corrected chi connectivity index (χ3v) is 7.23. The number of benzene rings is 1. The lowest BCUT2D eigenvalue weighted by Gasteiger charge is -2.37. The first-order valence-corrected chi connectivity index (χ1v) is 11.8. The van der Waals surface area contributed by atoms with E-state index in [9.17, 15) is 4.79 Å². The van der Waals surface area contributed by atoms with Gasteiger partial charge >= 0.3 is 0 Å². The molecule has 1 amide bonds. The van der Waals surface area contributed by atoms with E-state index in [0.29, 0.717) is 12.5 Å². The number of fused-ring (bicyclic) bond motifs is 3. The van der Waals surface area contributed by atoms with Crippen LogP contribution >= 0.6 is 0 Å². The van der Waals surface area contributed by atoms with Crippen LogP contribution in [0.4, 0.5) is 0 Å². The van der Waals surface area contributed by atoms with Crippen molar-refractivity contribution < 1.29 is 4.79 Å². The number of hydrogen-bond donors (Lipinski definition) is 1. The van der Waals surface area contributed by atoms with Crippen molar-refractivity contribution in [3.63, 3.8) is 0 Å². The molecule has 0 spiro atoms. The average molecular weight is 410 g/mol. The summed E-state index contributed by atoms with van der Waals surface area (Å²) in [6, 6.07) is 8.54. The quantitative estimate of drug-likeness (QED) is 0.822. The molecule has 3 aliphatic heterocycles. The van der Waals surface area contributed by atoms with Gasteiger partial charge < -0.3 is 14.8 Å². The van der Waals surface area contributed by atoms with Gasteiger partial charge in [0.2, 0.25) is 5.91 Å². The molecule has 1 aromatic carbocycles. The van der Waals surface area contributed by atoms with Crippen molar-refractivity contribution in [2.45, 2.75) is 32.2 Å². The summed E-state index contributed by atoms with van der Waals surface area (Å²) in [7, 11) is 0. The summed E-state index contributed by atoms with van der Waals surface area (Å²) in [6.07, 6.45) is 5.14. The number of H-pyrrole nitrogens is 1. The lowest BCUT2D eigenvalue weighted by Crippen LogP contribution is -2.52.